The van der Waals surface area contributed by atoms with Crippen LogP contribution in [0.3, 0.4) is 0 Å². The number of rotatable bonds is 4. The van der Waals surface area contributed by atoms with E-state index in [-0.39, 0.29) is 5.16 Å². The van der Waals surface area contributed by atoms with E-state index in [1.54, 1.807) is 31.4 Å². The predicted molar refractivity (Wildman–Crippen MR) is 67.5 cm³/mol. The van der Waals surface area contributed by atoms with E-state index in [4.69, 9.17) is 26.8 Å². The van der Waals surface area contributed by atoms with Gasteiger partial charge in [-0.05, 0) is 36.9 Å². The zero-order chi connectivity index (χ0) is 13.0. The van der Waals surface area contributed by atoms with E-state index in [2.05, 4.69) is 9.97 Å². The normalized spacial score (nSPS) is 9.89. The van der Waals surface area contributed by atoms with Crippen LogP contribution >= 0.6 is 12.6 Å². The maximum Gasteiger partial charge on any atom is 0.266 e. The standard InChI is InChI=1S/C12H11N2O3S/c1-15-8-3-5-9(6-4-8)17-11-10(16-2)7-13-12(18)14-11/h3-7H,1-2H3. The first-order chi connectivity index (χ1) is 8.72. The lowest BCUT2D eigenvalue weighted by Gasteiger charge is -2.09. The number of hydrogen-bond acceptors (Lipinski definition) is 5. The maximum atomic E-state index is 5.58. The molecule has 0 aliphatic rings. The second-order valence-electron chi connectivity index (χ2n) is 3.30. The maximum absolute atomic E-state index is 5.58. The van der Waals surface area contributed by atoms with Crippen LogP contribution in [0.5, 0.6) is 23.1 Å². The van der Waals surface area contributed by atoms with E-state index >= 15 is 0 Å². The molecule has 6 heteroatoms. The van der Waals surface area contributed by atoms with Crippen LogP contribution in [0.2, 0.25) is 0 Å². The Balaban J connectivity index is 2.24. The molecule has 0 unspecified atom stereocenters. The summed E-state index contributed by atoms with van der Waals surface area (Å²) in [5, 5.41) is 0.208. The molecule has 0 spiro atoms. The summed E-state index contributed by atoms with van der Waals surface area (Å²) in [6, 6.07) is 7.11. The summed E-state index contributed by atoms with van der Waals surface area (Å²) in [5.41, 5.74) is 0. The minimum atomic E-state index is 0.208. The van der Waals surface area contributed by atoms with Crippen molar-refractivity contribution in [2.24, 2.45) is 0 Å². The number of nitrogens with zero attached hydrogens (tertiary/aromatic N) is 2. The Labute approximate surface area is 110 Å². The van der Waals surface area contributed by atoms with Gasteiger partial charge in [-0.3, -0.25) is 0 Å². The number of ether oxygens (including phenoxy) is 3. The molecule has 0 N–H and O–H groups in total. The molecule has 0 bridgehead atoms. The minimum Gasteiger partial charge on any atom is -0.497 e. The summed E-state index contributed by atoms with van der Waals surface area (Å²) in [7, 11) is 3.12. The van der Waals surface area contributed by atoms with Gasteiger partial charge in [0.2, 0.25) is 5.16 Å². The molecule has 0 fully saturated rings. The SMILES string of the molecule is COc1ccc(Oc2nc([S])ncc2OC)cc1. The van der Waals surface area contributed by atoms with Crippen molar-refractivity contribution in [2.75, 3.05) is 14.2 Å². The van der Waals surface area contributed by atoms with Gasteiger partial charge in [-0.1, -0.05) is 0 Å². The van der Waals surface area contributed by atoms with Crippen LogP contribution in [0, 0.1) is 0 Å². The van der Waals surface area contributed by atoms with Gasteiger partial charge in [-0.25, -0.2) is 4.98 Å². The van der Waals surface area contributed by atoms with E-state index in [1.807, 2.05) is 0 Å². The van der Waals surface area contributed by atoms with Crippen LogP contribution in [0.1, 0.15) is 0 Å². The first-order valence-corrected chi connectivity index (χ1v) is 5.53. The summed E-state index contributed by atoms with van der Waals surface area (Å²) in [5.74, 6) is 2.09. The Bertz CT molecular complexity index is 531. The molecule has 2 aromatic rings. The Kier molecular flexibility index (Phi) is 3.78. The molecule has 0 saturated carbocycles. The fourth-order valence-corrected chi connectivity index (χ4v) is 1.44. The lowest BCUT2D eigenvalue weighted by Crippen LogP contribution is -1.95. The van der Waals surface area contributed by atoms with Crippen LogP contribution in [0.25, 0.3) is 0 Å². The topological polar surface area (TPSA) is 53.5 Å². The Hall–Kier alpha value is -2.08. The summed E-state index contributed by atoms with van der Waals surface area (Å²) < 4.78 is 15.7. The molecule has 1 aromatic carbocycles. The van der Waals surface area contributed by atoms with E-state index in [0.717, 1.165) is 5.75 Å². The van der Waals surface area contributed by atoms with Crippen molar-refractivity contribution >= 4 is 12.6 Å². The van der Waals surface area contributed by atoms with Crippen molar-refractivity contribution in [1.29, 1.82) is 0 Å². The summed E-state index contributed by atoms with van der Waals surface area (Å²) in [6.07, 6.45) is 1.48. The molecular weight excluding hydrogens is 252 g/mol. The van der Waals surface area contributed by atoms with Crippen molar-refractivity contribution in [3.05, 3.63) is 30.5 Å². The van der Waals surface area contributed by atoms with E-state index in [9.17, 15) is 0 Å². The zero-order valence-corrected chi connectivity index (χ0v) is 10.7. The van der Waals surface area contributed by atoms with Gasteiger partial charge in [0.1, 0.15) is 11.5 Å². The first kappa shape index (κ1) is 12.4. The highest BCUT2D eigenvalue weighted by molar-refractivity contribution is 7.80. The third kappa shape index (κ3) is 2.78. The molecule has 0 aliphatic heterocycles. The third-order valence-electron chi connectivity index (χ3n) is 2.19. The van der Waals surface area contributed by atoms with Gasteiger partial charge < -0.3 is 14.2 Å². The van der Waals surface area contributed by atoms with Crippen molar-refractivity contribution in [3.8, 4) is 23.1 Å². The summed E-state index contributed by atoms with van der Waals surface area (Å²) >= 11 is 4.89. The average Bonchev–Trinajstić information content (AvgIpc) is 2.40. The smallest absolute Gasteiger partial charge is 0.266 e. The third-order valence-corrected chi connectivity index (χ3v) is 2.39. The fourth-order valence-electron chi connectivity index (χ4n) is 1.31. The highest BCUT2D eigenvalue weighted by Gasteiger charge is 2.09. The number of aromatic nitrogens is 2. The quantitative estimate of drug-likeness (QED) is 0.794. The van der Waals surface area contributed by atoms with Crippen LogP contribution < -0.4 is 14.2 Å². The molecule has 93 valence electrons. The van der Waals surface area contributed by atoms with Gasteiger partial charge in [0.15, 0.2) is 5.75 Å². The Morgan fingerprint density at radius 3 is 2.28 bits per heavy atom. The monoisotopic (exact) mass is 263 g/mol. The van der Waals surface area contributed by atoms with Gasteiger partial charge in [-0.15, -0.1) is 0 Å². The molecule has 0 aliphatic carbocycles. The van der Waals surface area contributed by atoms with Gasteiger partial charge >= 0.3 is 0 Å². The number of methoxy groups -OCH3 is 2. The predicted octanol–water partition coefficient (Wildman–Crippen LogP) is 2.84. The molecule has 1 heterocycles. The van der Waals surface area contributed by atoms with Crippen molar-refractivity contribution in [1.82, 2.24) is 9.97 Å². The van der Waals surface area contributed by atoms with Crippen LogP contribution in [0.15, 0.2) is 35.6 Å². The Morgan fingerprint density at radius 2 is 1.67 bits per heavy atom. The van der Waals surface area contributed by atoms with Crippen molar-refractivity contribution in [3.63, 3.8) is 0 Å². The van der Waals surface area contributed by atoms with E-state index < -0.39 is 0 Å². The van der Waals surface area contributed by atoms with Crippen molar-refractivity contribution in [2.45, 2.75) is 5.16 Å². The zero-order valence-electron chi connectivity index (χ0n) is 9.91. The second-order valence-corrected chi connectivity index (χ2v) is 3.67. The largest absolute Gasteiger partial charge is 0.497 e. The van der Waals surface area contributed by atoms with Crippen molar-refractivity contribution < 1.29 is 14.2 Å². The van der Waals surface area contributed by atoms with Gasteiger partial charge in [0.25, 0.3) is 5.88 Å². The van der Waals surface area contributed by atoms with Crippen LogP contribution in [-0.4, -0.2) is 24.2 Å². The highest BCUT2D eigenvalue weighted by atomic mass is 32.1. The lowest BCUT2D eigenvalue weighted by molar-refractivity contribution is 0.363. The average molecular weight is 263 g/mol. The van der Waals surface area contributed by atoms with Gasteiger partial charge in [-0.2, -0.15) is 4.98 Å². The van der Waals surface area contributed by atoms with Crippen LogP contribution in [-0.2, 0) is 0 Å². The molecule has 1 aromatic heterocycles. The summed E-state index contributed by atoms with van der Waals surface area (Å²) in [4.78, 5) is 7.87. The molecule has 2 rings (SSSR count). The molecule has 5 nitrogen and oxygen atoms in total. The summed E-state index contributed by atoms with van der Waals surface area (Å²) in [6.45, 7) is 0. The molecule has 0 amide bonds. The minimum absolute atomic E-state index is 0.208. The highest BCUT2D eigenvalue weighted by Crippen LogP contribution is 2.29. The second kappa shape index (κ2) is 5.50. The van der Waals surface area contributed by atoms with Gasteiger partial charge in [0, 0.05) is 0 Å². The van der Waals surface area contributed by atoms with E-state index in [0.29, 0.717) is 17.4 Å². The lowest BCUT2D eigenvalue weighted by atomic mass is 10.3. The van der Waals surface area contributed by atoms with E-state index in [1.165, 1.54) is 13.3 Å². The Morgan fingerprint density at radius 1 is 1.00 bits per heavy atom. The molecule has 0 saturated heterocycles. The molecule has 0 atom stereocenters. The van der Waals surface area contributed by atoms with Gasteiger partial charge in [0.05, 0.1) is 20.4 Å². The fraction of sp³-hybridized carbons (Fsp3) is 0.167. The number of benzene rings is 1. The molecule has 18 heavy (non-hydrogen) atoms. The molecule has 1 radical (unpaired) electrons. The first-order valence-electron chi connectivity index (χ1n) is 5.13. The van der Waals surface area contributed by atoms with Crippen LogP contribution in [0.4, 0.5) is 0 Å². The molecular formula is C12H11N2O3S. The number of hydrogen-bond donors (Lipinski definition) is 0.